The SMILES string of the molecule is c1ccc(-c2cc(-c3ccc(C(N4CCOCC4)N4CCOCC4)cc3)cc(-c3ccccn3)n2)nc1. The maximum Gasteiger partial charge on any atom is 0.0900 e. The first-order valence-electron chi connectivity index (χ1n) is 12.9. The van der Waals surface area contributed by atoms with Gasteiger partial charge in [-0.15, -0.1) is 0 Å². The van der Waals surface area contributed by atoms with Crippen LogP contribution in [0.3, 0.4) is 0 Å². The summed E-state index contributed by atoms with van der Waals surface area (Å²) in [6, 6.07) is 25.0. The molecule has 2 fully saturated rings. The van der Waals surface area contributed by atoms with Gasteiger partial charge < -0.3 is 9.47 Å². The quantitative estimate of drug-likeness (QED) is 0.391. The maximum absolute atomic E-state index is 5.64. The molecule has 1 aromatic carbocycles. The Morgan fingerprint density at radius 3 is 1.54 bits per heavy atom. The number of benzene rings is 1. The lowest BCUT2D eigenvalue weighted by Gasteiger charge is -2.43. The molecule has 7 heteroatoms. The molecule has 0 atom stereocenters. The van der Waals surface area contributed by atoms with E-state index in [4.69, 9.17) is 14.5 Å². The Labute approximate surface area is 217 Å². The van der Waals surface area contributed by atoms with Crippen molar-refractivity contribution in [2.24, 2.45) is 0 Å². The molecular weight excluding hydrogens is 462 g/mol. The largest absolute Gasteiger partial charge is 0.379 e. The summed E-state index contributed by atoms with van der Waals surface area (Å²) < 4.78 is 11.3. The van der Waals surface area contributed by atoms with Crippen LogP contribution in [0.1, 0.15) is 11.7 Å². The first-order chi connectivity index (χ1) is 18.3. The fraction of sp³-hybridized carbons (Fsp3) is 0.300. The smallest absolute Gasteiger partial charge is 0.0900 e. The molecule has 2 aliphatic rings. The van der Waals surface area contributed by atoms with Crippen LogP contribution in [0.15, 0.2) is 85.2 Å². The third-order valence-corrected chi connectivity index (χ3v) is 7.01. The second-order valence-electron chi connectivity index (χ2n) is 9.35. The summed E-state index contributed by atoms with van der Waals surface area (Å²) >= 11 is 0. The van der Waals surface area contributed by atoms with Crippen molar-refractivity contribution in [3.05, 3.63) is 90.8 Å². The monoisotopic (exact) mass is 493 g/mol. The Bertz CT molecular complexity index is 1210. The molecule has 0 radical (unpaired) electrons. The molecule has 3 aromatic heterocycles. The van der Waals surface area contributed by atoms with Crippen LogP contribution >= 0.6 is 0 Å². The van der Waals surface area contributed by atoms with Crippen LogP contribution in [0.2, 0.25) is 0 Å². The Morgan fingerprint density at radius 1 is 0.568 bits per heavy atom. The highest BCUT2D eigenvalue weighted by Gasteiger charge is 2.29. The van der Waals surface area contributed by atoms with E-state index < -0.39 is 0 Å². The highest BCUT2D eigenvalue weighted by atomic mass is 16.5. The summed E-state index contributed by atoms with van der Waals surface area (Å²) in [5.41, 5.74) is 6.90. The van der Waals surface area contributed by atoms with Crippen LogP contribution in [0.25, 0.3) is 33.9 Å². The van der Waals surface area contributed by atoms with E-state index in [-0.39, 0.29) is 6.17 Å². The zero-order valence-electron chi connectivity index (χ0n) is 20.9. The van der Waals surface area contributed by atoms with Crippen molar-refractivity contribution in [2.45, 2.75) is 6.17 Å². The van der Waals surface area contributed by atoms with Crippen molar-refractivity contribution in [2.75, 3.05) is 52.6 Å². The summed E-state index contributed by atoms with van der Waals surface area (Å²) in [7, 11) is 0. The van der Waals surface area contributed by atoms with E-state index >= 15 is 0 Å². The molecule has 4 aromatic rings. The number of morpholine rings is 2. The number of rotatable bonds is 6. The number of pyridine rings is 3. The van der Waals surface area contributed by atoms with Gasteiger partial charge in [0.05, 0.1) is 55.4 Å². The average molecular weight is 494 g/mol. The lowest BCUT2D eigenvalue weighted by atomic mass is 10.00. The Hall–Kier alpha value is -3.49. The molecule has 0 bridgehead atoms. The molecule has 0 N–H and O–H groups in total. The zero-order chi connectivity index (χ0) is 24.9. The fourth-order valence-corrected chi connectivity index (χ4v) is 5.13. The molecule has 188 valence electrons. The fourth-order valence-electron chi connectivity index (χ4n) is 5.13. The van der Waals surface area contributed by atoms with Gasteiger partial charge in [-0.3, -0.25) is 19.8 Å². The first kappa shape index (κ1) is 23.9. The van der Waals surface area contributed by atoms with Gasteiger partial charge in [0, 0.05) is 38.6 Å². The highest BCUT2D eigenvalue weighted by Crippen LogP contribution is 2.32. The predicted molar refractivity (Wildman–Crippen MR) is 144 cm³/mol. The summed E-state index contributed by atoms with van der Waals surface area (Å²) in [4.78, 5) is 19.1. The molecule has 0 amide bonds. The van der Waals surface area contributed by atoms with Crippen molar-refractivity contribution in [1.29, 1.82) is 0 Å². The first-order valence-corrected chi connectivity index (χ1v) is 12.9. The van der Waals surface area contributed by atoms with Crippen molar-refractivity contribution in [1.82, 2.24) is 24.8 Å². The van der Waals surface area contributed by atoms with Gasteiger partial charge in [0.1, 0.15) is 0 Å². The van der Waals surface area contributed by atoms with E-state index in [2.05, 4.69) is 56.2 Å². The van der Waals surface area contributed by atoms with E-state index in [1.165, 1.54) is 5.56 Å². The van der Waals surface area contributed by atoms with Gasteiger partial charge in [0.25, 0.3) is 0 Å². The van der Waals surface area contributed by atoms with Crippen LogP contribution in [0.5, 0.6) is 0 Å². The number of nitrogens with zero attached hydrogens (tertiary/aromatic N) is 5. The molecule has 37 heavy (non-hydrogen) atoms. The number of hydrogen-bond acceptors (Lipinski definition) is 7. The van der Waals surface area contributed by atoms with Crippen LogP contribution < -0.4 is 0 Å². The Balaban J connectivity index is 1.36. The third-order valence-electron chi connectivity index (χ3n) is 7.01. The van der Waals surface area contributed by atoms with Crippen molar-refractivity contribution in [3.8, 4) is 33.9 Å². The summed E-state index contributed by atoms with van der Waals surface area (Å²) in [6.07, 6.45) is 3.83. The minimum absolute atomic E-state index is 0.229. The second kappa shape index (κ2) is 11.3. The molecule has 2 aliphatic heterocycles. The van der Waals surface area contributed by atoms with Crippen LogP contribution in [-0.2, 0) is 9.47 Å². The summed E-state index contributed by atoms with van der Waals surface area (Å²) in [5, 5.41) is 0. The molecule has 2 saturated heterocycles. The third kappa shape index (κ3) is 5.45. The van der Waals surface area contributed by atoms with E-state index in [0.29, 0.717) is 0 Å². The van der Waals surface area contributed by atoms with Crippen LogP contribution in [0, 0.1) is 0 Å². The van der Waals surface area contributed by atoms with E-state index in [1.54, 1.807) is 12.4 Å². The molecule has 0 spiro atoms. The maximum atomic E-state index is 5.64. The number of hydrogen-bond donors (Lipinski definition) is 0. The highest BCUT2D eigenvalue weighted by molar-refractivity contribution is 5.74. The average Bonchev–Trinajstić information content (AvgIpc) is 2.99. The van der Waals surface area contributed by atoms with Crippen LogP contribution in [0.4, 0.5) is 0 Å². The molecule has 6 rings (SSSR count). The summed E-state index contributed by atoms with van der Waals surface area (Å²) in [6.45, 7) is 6.88. The minimum Gasteiger partial charge on any atom is -0.379 e. The molecule has 0 unspecified atom stereocenters. The Morgan fingerprint density at radius 2 is 1.08 bits per heavy atom. The van der Waals surface area contributed by atoms with Gasteiger partial charge in [-0.05, 0) is 53.1 Å². The van der Waals surface area contributed by atoms with Gasteiger partial charge in [0.15, 0.2) is 0 Å². The normalized spacial score (nSPS) is 17.2. The second-order valence-corrected chi connectivity index (χ2v) is 9.35. The zero-order valence-corrected chi connectivity index (χ0v) is 20.9. The van der Waals surface area contributed by atoms with E-state index in [9.17, 15) is 0 Å². The van der Waals surface area contributed by atoms with Gasteiger partial charge in [-0.1, -0.05) is 36.4 Å². The van der Waals surface area contributed by atoms with Crippen LogP contribution in [-0.4, -0.2) is 77.4 Å². The number of ether oxygens (including phenoxy) is 2. The minimum atomic E-state index is 0.229. The van der Waals surface area contributed by atoms with Gasteiger partial charge in [-0.25, -0.2) is 4.98 Å². The van der Waals surface area contributed by atoms with Gasteiger partial charge in [-0.2, -0.15) is 0 Å². The van der Waals surface area contributed by atoms with E-state index in [0.717, 1.165) is 86.5 Å². The molecule has 0 saturated carbocycles. The topological polar surface area (TPSA) is 63.6 Å². The molecular formula is C30H31N5O2. The van der Waals surface area contributed by atoms with Crippen molar-refractivity contribution >= 4 is 0 Å². The number of aromatic nitrogens is 3. The van der Waals surface area contributed by atoms with Crippen molar-refractivity contribution < 1.29 is 9.47 Å². The molecule has 0 aliphatic carbocycles. The lowest BCUT2D eigenvalue weighted by Crippen LogP contribution is -2.50. The van der Waals surface area contributed by atoms with Gasteiger partial charge in [0.2, 0.25) is 0 Å². The van der Waals surface area contributed by atoms with Crippen molar-refractivity contribution in [3.63, 3.8) is 0 Å². The predicted octanol–water partition coefficient (Wildman–Crippen LogP) is 4.54. The molecule has 7 nitrogen and oxygen atoms in total. The summed E-state index contributed by atoms with van der Waals surface area (Å²) in [5.74, 6) is 0. The standard InChI is InChI=1S/C30H31N5O2/c1-3-11-31-26(5-1)28-21-25(22-29(33-28)27-6-2-4-12-32-27)23-7-9-24(10-8-23)30(34-13-17-36-18-14-34)35-15-19-37-20-16-35/h1-12,21-22,30H,13-20H2. The molecule has 5 heterocycles. The van der Waals surface area contributed by atoms with E-state index in [1.807, 2.05) is 36.4 Å². The Kier molecular flexibility index (Phi) is 7.28. The lowest BCUT2D eigenvalue weighted by molar-refractivity contribution is -0.0676. The van der Waals surface area contributed by atoms with Gasteiger partial charge >= 0.3 is 0 Å².